The van der Waals surface area contributed by atoms with Crippen molar-refractivity contribution in [3.8, 4) is 0 Å². The van der Waals surface area contributed by atoms with Crippen molar-refractivity contribution < 1.29 is 4.79 Å². The van der Waals surface area contributed by atoms with E-state index in [1.54, 1.807) is 6.07 Å². The van der Waals surface area contributed by atoms with E-state index in [9.17, 15) is 9.59 Å². The average molecular weight is 321 g/mol. The van der Waals surface area contributed by atoms with Gasteiger partial charge in [-0.1, -0.05) is 22.9 Å². The molecule has 2 N–H and O–H groups in total. The van der Waals surface area contributed by atoms with E-state index in [1.807, 2.05) is 25.1 Å². The van der Waals surface area contributed by atoms with Gasteiger partial charge in [0.25, 0.3) is 5.91 Å². The third kappa shape index (κ3) is 3.32. The SMILES string of the molecule is CCc1cc(Br)ccc1NC(=O)c1cc[nH]c(=O)c1. The van der Waals surface area contributed by atoms with Gasteiger partial charge in [-0.3, -0.25) is 9.59 Å². The molecule has 0 aliphatic rings. The third-order valence-electron chi connectivity index (χ3n) is 2.73. The summed E-state index contributed by atoms with van der Waals surface area (Å²) in [7, 11) is 0. The zero-order valence-corrected chi connectivity index (χ0v) is 12.0. The van der Waals surface area contributed by atoms with Crippen molar-refractivity contribution in [2.75, 3.05) is 5.32 Å². The molecule has 0 fully saturated rings. The van der Waals surface area contributed by atoms with Crippen molar-refractivity contribution in [1.29, 1.82) is 0 Å². The topological polar surface area (TPSA) is 62.0 Å². The molecular formula is C14H13BrN2O2. The van der Waals surface area contributed by atoms with Crippen LogP contribution in [0.1, 0.15) is 22.8 Å². The summed E-state index contributed by atoms with van der Waals surface area (Å²) in [5.74, 6) is -0.289. The molecule has 1 aromatic carbocycles. The van der Waals surface area contributed by atoms with Gasteiger partial charge in [0.05, 0.1) is 0 Å². The summed E-state index contributed by atoms with van der Waals surface area (Å²) < 4.78 is 0.971. The second kappa shape index (κ2) is 5.84. The van der Waals surface area contributed by atoms with Crippen LogP contribution >= 0.6 is 15.9 Å². The maximum Gasteiger partial charge on any atom is 0.255 e. The van der Waals surface area contributed by atoms with Crippen molar-refractivity contribution in [2.24, 2.45) is 0 Å². The summed E-state index contributed by atoms with van der Waals surface area (Å²) in [4.78, 5) is 25.7. The smallest absolute Gasteiger partial charge is 0.255 e. The van der Waals surface area contributed by atoms with Gasteiger partial charge in [0.2, 0.25) is 5.56 Å². The first-order chi connectivity index (χ1) is 9.10. The Morgan fingerprint density at radius 2 is 2.11 bits per heavy atom. The number of halogens is 1. The fourth-order valence-electron chi connectivity index (χ4n) is 1.76. The molecule has 0 aliphatic carbocycles. The molecule has 19 heavy (non-hydrogen) atoms. The standard InChI is InChI=1S/C14H13BrN2O2/c1-2-9-7-11(15)3-4-12(9)17-14(19)10-5-6-16-13(18)8-10/h3-8H,2H2,1H3,(H,16,18)(H,17,19). The number of aryl methyl sites for hydroxylation is 1. The number of H-pyrrole nitrogens is 1. The molecule has 0 unspecified atom stereocenters. The Hall–Kier alpha value is -1.88. The summed E-state index contributed by atoms with van der Waals surface area (Å²) in [5.41, 5.74) is 1.84. The molecule has 0 bridgehead atoms. The van der Waals surface area contributed by atoms with Crippen LogP contribution in [0.4, 0.5) is 5.69 Å². The fraction of sp³-hybridized carbons (Fsp3) is 0.143. The summed E-state index contributed by atoms with van der Waals surface area (Å²) >= 11 is 3.40. The van der Waals surface area contributed by atoms with Gasteiger partial charge in [-0.05, 0) is 36.2 Å². The molecule has 4 nitrogen and oxygen atoms in total. The molecule has 1 aromatic heterocycles. The number of aromatic amines is 1. The normalized spacial score (nSPS) is 10.2. The Balaban J connectivity index is 2.26. The Kier molecular flexibility index (Phi) is 4.16. The van der Waals surface area contributed by atoms with Crippen LogP contribution in [0, 0.1) is 0 Å². The highest BCUT2D eigenvalue weighted by molar-refractivity contribution is 9.10. The number of amides is 1. The molecule has 0 saturated carbocycles. The highest BCUT2D eigenvalue weighted by Crippen LogP contribution is 2.22. The highest BCUT2D eigenvalue weighted by atomic mass is 79.9. The lowest BCUT2D eigenvalue weighted by molar-refractivity contribution is 0.102. The molecular weight excluding hydrogens is 308 g/mol. The first kappa shape index (κ1) is 13.5. The van der Waals surface area contributed by atoms with Crippen molar-refractivity contribution in [1.82, 2.24) is 4.98 Å². The molecule has 98 valence electrons. The molecule has 0 atom stereocenters. The summed E-state index contributed by atoms with van der Waals surface area (Å²) in [6, 6.07) is 8.52. The van der Waals surface area contributed by atoms with E-state index in [0.717, 1.165) is 22.1 Å². The third-order valence-corrected chi connectivity index (χ3v) is 3.23. The largest absolute Gasteiger partial charge is 0.329 e. The predicted octanol–water partition coefficient (Wildman–Crippen LogP) is 2.95. The first-order valence-electron chi connectivity index (χ1n) is 5.88. The molecule has 0 aliphatic heterocycles. The molecule has 0 saturated heterocycles. The number of hydrogen-bond donors (Lipinski definition) is 2. The zero-order valence-electron chi connectivity index (χ0n) is 10.4. The van der Waals surface area contributed by atoms with E-state index in [-0.39, 0.29) is 11.5 Å². The number of nitrogens with one attached hydrogen (secondary N) is 2. The Morgan fingerprint density at radius 1 is 1.32 bits per heavy atom. The summed E-state index contributed by atoms with van der Waals surface area (Å²) in [6.45, 7) is 2.02. The number of rotatable bonds is 3. The van der Waals surface area contributed by atoms with Gasteiger partial charge in [-0.2, -0.15) is 0 Å². The average Bonchev–Trinajstić information content (AvgIpc) is 2.40. The van der Waals surface area contributed by atoms with Crippen molar-refractivity contribution in [2.45, 2.75) is 13.3 Å². The van der Waals surface area contributed by atoms with Gasteiger partial charge >= 0.3 is 0 Å². The minimum absolute atomic E-state index is 0.289. The Labute approximate surface area is 119 Å². The van der Waals surface area contributed by atoms with E-state index < -0.39 is 0 Å². The highest BCUT2D eigenvalue weighted by Gasteiger charge is 2.09. The number of hydrogen-bond acceptors (Lipinski definition) is 2. The number of pyridine rings is 1. The van der Waals surface area contributed by atoms with E-state index in [4.69, 9.17) is 0 Å². The van der Waals surface area contributed by atoms with E-state index in [0.29, 0.717) is 5.56 Å². The van der Waals surface area contributed by atoms with Gasteiger partial charge in [0.15, 0.2) is 0 Å². The Morgan fingerprint density at radius 3 is 2.79 bits per heavy atom. The van der Waals surface area contributed by atoms with Crippen LogP contribution in [0.3, 0.4) is 0 Å². The number of carbonyl (C=O) groups excluding carboxylic acids is 1. The van der Waals surface area contributed by atoms with Gasteiger partial charge in [0.1, 0.15) is 0 Å². The lowest BCUT2D eigenvalue weighted by Gasteiger charge is -2.10. The fourth-order valence-corrected chi connectivity index (χ4v) is 2.17. The van der Waals surface area contributed by atoms with Crippen LogP contribution in [0.5, 0.6) is 0 Å². The zero-order chi connectivity index (χ0) is 13.8. The number of carbonyl (C=O) groups is 1. The number of anilines is 1. The van der Waals surface area contributed by atoms with Crippen molar-refractivity contribution in [3.05, 3.63) is 62.5 Å². The maximum absolute atomic E-state index is 12.0. The predicted molar refractivity (Wildman–Crippen MR) is 78.5 cm³/mol. The number of benzene rings is 1. The molecule has 2 rings (SSSR count). The van der Waals surface area contributed by atoms with Gasteiger partial charge < -0.3 is 10.3 Å². The van der Waals surface area contributed by atoms with Crippen LogP contribution in [0.2, 0.25) is 0 Å². The lowest BCUT2D eigenvalue weighted by atomic mass is 10.1. The van der Waals surface area contributed by atoms with E-state index in [2.05, 4.69) is 26.2 Å². The van der Waals surface area contributed by atoms with Gasteiger partial charge in [-0.15, -0.1) is 0 Å². The quantitative estimate of drug-likeness (QED) is 0.913. The monoisotopic (exact) mass is 320 g/mol. The second-order valence-corrected chi connectivity index (χ2v) is 4.97. The first-order valence-corrected chi connectivity index (χ1v) is 6.68. The minimum Gasteiger partial charge on any atom is -0.329 e. The molecule has 1 amide bonds. The van der Waals surface area contributed by atoms with Crippen molar-refractivity contribution >= 4 is 27.5 Å². The molecule has 0 radical (unpaired) electrons. The molecule has 1 heterocycles. The van der Waals surface area contributed by atoms with Crippen LogP contribution in [-0.4, -0.2) is 10.9 Å². The lowest BCUT2D eigenvalue weighted by Crippen LogP contribution is -2.16. The van der Waals surface area contributed by atoms with Gasteiger partial charge in [-0.25, -0.2) is 0 Å². The van der Waals surface area contributed by atoms with Crippen LogP contribution in [0.25, 0.3) is 0 Å². The molecule has 2 aromatic rings. The van der Waals surface area contributed by atoms with Crippen LogP contribution in [-0.2, 0) is 6.42 Å². The van der Waals surface area contributed by atoms with E-state index in [1.165, 1.54) is 12.3 Å². The second-order valence-electron chi connectivity index (χ2n) is 4.05. The van der Waals surface area contributed by atoms with Crippen LogP contribution in [0.15, 0.2) is 45.8 Å². The van der Waals surface area contributed by atoms with Gasteiger partial charge in [0, 0.05) is 28.0 Å². The van der Waals surface area contributed by atoms with E-state index >= 15 is 0 Å². The van der Waals surface area contributed by atoms with Crippen LogP contribution < -0.4 is 10.9 Å². The van der Waals surface area contributed by atoms with Crippen molar-refractivity contribution in [3.63, 3.8) is 0 Å². The molecule has 0 spiro atoms. The number of aromatic nitrogens is 1. The Bertz CT molecular complexity index is 664. The maximum atomic E-state index is 12.0. The summed E-state index contributed by atoms with van der Waals surface area (Å²) in [5, 5.41) is 2.82. The minimum atomic E-state index is -0.292. The molecule has 5 heteroatoms. The summed E-state index contributed by atoms with van der Waals surface area (Å²) in [6.07, 6.45) is 2.27.